The van der Waals surface area contributed by atoms with Crippen molar-refractivity contribution in [3.8, 4) is 17.2 Å². The molecule has 0 aromatic heterocycles. The maximum Gasteiger partial charge on any atom is 0.191 e. The van der Waals surface area contributed by atoms with Gasteiger partial charge in [0.2, 0.25) is 0 Å². The van der Waals surface area contributed by atoms with Gasteiger partial charge in [0.15, 0.2) is 17.5 Å². The van der Waals surface area contributed by atoms with E-state index in [9.17, 15) is 0 Å². The number of hydrogen-bond acceptors (Lipinski definition) is 5. The Morgan fingerprint density at radius 2 is 1.84 bits per heavy atom. The van der Waals surface area contributed by atoms with E-state index in [-0.39, 0.29) is 0 Å². The van der Waals surface area contributed by atoms with Crippen molar-refractivity contribution in [1.29, 1.82) is 0 Å². The third kappa shape index (κ3) is 9.06. The summed E-state index contributed by atoms with van der Waals surface area (Å²) in [6.45, 7) is 5.66. The summed E-state index contributed by atoms with van der Waals surface area (Å²) < 4.78 is 16.8. The van der Waals surface area contributed by atoms with Gasteiger partial charge in [-0.1, -0.05) is 18.2 Å². The molecule has 0 amide bonds. The average Bonchev–Trinajstić information content (AvgIpc) is 2.79. The van der Waals surface area contributed by atoms with E-state index in [1.54, 1.807) is 14.2 Å². The molecular formula is C25H38N4O3. The van der Waals surface area contributed by atoms with Crippen LogP contribution in [0.2, 0.25) is 0 Å². The van der Waals surface area contributed by atoms with Gasteiger partial charge in [-0.3, -0.25) is 4.99 Å². The quantitative estimate of drug-likeness (QED) is 0.282. The molecule has 2 rings (SSSR count). The minimum Gasteiger partial charge on any atom is -0.493 e. The van der Waals surface area contributed by atoms with Crippen LogP contribution in [-0.4, -0.2) is 65.4 Å². The number of ether oxygens (including phenoxy) is 3. The fourth-order valence-corrected chi connectivity index (χ4v) is 3.14. The number of nitrogens with one attached hydrogen (secondary N) is 2. The first kappa shape index (κ1) is 25.3. The molecule has 0 unspecified atom stereocenters. The van der Waals surface area contributed by atoms with Gasteiger partial charge < -0.3 is 29.7 Å². The molecule has 0 bridgehead atoms. The Labute approximate surface area is 192 Å². The number of methoxy groups -OCH3 is 1. The van der Waals surface area contributed by atoms with Gasteiger partial charge in [-0.25, -0.2) is 0 Å². The Bertz CT molecular complexity index is 840. The van der Waals surface area contributed by atoms with Crippen molar-refractivity contribution >= 4 is 5.96 Å². The van der Waals surface area contributed by atoms with Crippen molar-refractivity contribution < 1.29 is 14.2 Å². The lowest BCUT2D eigenvalue weighted by Gasteiger charge is -2.14. The van der Waals surface area contributed by atoms with Crippen molar-refractivity contribution in [2.24, 2.45) is 4.99 Å². The second-order valence-electron chi connectivity index (χ2n) is 7.67. The molecule has 7 nitrogen and oxygen atoms in total. The van der Waals surface area contributed by atoms with Crippen molar-refractivity contribution in [3.05, 3.63) is 53.6 Å². The van der Waals surface area contributed by atoms with Crippen LogP contribution in [-0.2, 0) is 13.0 Å². The highest BCUT2D eigenvalue weighted by Crippen LogP contribution is 2.28. The fourth-order valence-electron chi connectivity index (χ4n) is 3.14. The van der Waals surface area contributed by atoms with Gasteiger partial charge in [-0.15, -0.1) is 0 Å². The standard InChI is InChI=1S/C25H38N4O3/c1-6-31-24-18-20(12-13-23(24)30-5)10-8-14-27-25(26-2)28-19-21-9-7-11-22(17-21)32-16-15-29(3)4/h7,9,11-13,17-18H,6,8,10,14-16,19H2,1-5H3,(H2,26,27,28). The summed E-state index contributed by atoms with van der Waals surface area (Å²) in [6, 6.07) is 14.3. The van der Waals surface area contributed by atoms with Crippen LogP contribution in [0.25, 0.3) is 0 Å². The van der Waals surface area contributed by atoms with Crippen molar-refractivity contribution in [2.75, 3.05) is 54.6 Å². The van der Waals surface area contributed by atoms with Crippen LogP contribution in [0.4, 0.5) is 0 Å². The minimum atomic E-state index is 0.620. The van der Waals surface area contributed by atoms with E-state index in [4.69, 9.17) is 14.2 Å². The predicted molar refractivity (Wildman–Crippen MR) is 131 cm³/mol. The first-order chi connectivity index (χ1) is 15.5. The van der Waals surface area contributed by atoms with Crippen molar-refractivity contribution in [1.82, 2.24) is 15.5 Å². The molecule has 0 atom stereocenters. The molecular weight excluding hydrogens is 404 g/mol. The highest BCUT2D eigenvalue weighted by molar-refractivity contribution is 5.79. The monoisotopic (exact) mass is 442 g/mol. The molecule has 0 spiro atoms. The SMILES string of the molecule is CCOc1cc(CCCNC(=NC)NCc2cccc(OCCN(C)C)c2)ccc1OC. The van der Waals surface area contributed by atoms with E-state index in [0.29, 0.717) is 19.8 Å². The highest BCUT2D eigenvalue weighted by atomic mass is 16.5. The summed E-state index contributed by atoms with van der Waals surface area (Å²) in [6.07, 6.45) is 1.92. The molecule has 7 heteroatoms. The topological polar surface area (TPSA) is 67.3 Å². The van der Waals surface area contributed by atoms with E-state index in [0.717, 1.165) is 54.7 Å². The molecule has 0 saturated carbocycles. The second-order valence-corrected chi connectivity index (χ2v) is 7.67. The van der Waals surface area contributed by atoms with Gasteiger partial charge in [0.25, 0.3) is 0 Å². The minimum absolute atomic E-state index is 0.620. The number of aryl methyl sites for hydroxylation is 1. The number of nitrogens with zero attached hydrogens (tertiary/aromatic N) is 2. The lowest BCUT2D eigenvalue weighted by atomic mass is 10.1. The first-order valence-corrected chi connectivity index (χ1v) is 11.2. The molecule has 2 aromatic rings. The summed E-state index contributed by atoms with van der Waals surface area (Å²) in [4.78, 5) is 6.43. The van der Waals surface area contributed by atoms with Crippen LogP contribution < -0.4 is 24.8 Å². The van der Waals surface area contributed by atoms with Gasteiger partial charge in [0.1, 0.15) is 12.4 Å². The highest BCUT2D eigenvalue weighted by Gasteiger charge is 2.06. The number of likely N-dealkylation sites (N-methyl/N-ethyl adjacent to an activating group) is 1. The van der Waals surface area contributed by atoms with Crippen LogP contribution in [0.1, 0.15) is 24.5 Å². The molecule has 0 aliphatic rings. The van der Waals surface area contributed by atoms with E-state index >= 15 is 0 Å². The van der Waals surface area contributed by atoms with Crippen LogP contribution in [0.3, 0.4) is 0 Å². The summed E-state index contributed by atoms with van der Waals surface area (Å²) in [5.74, 6) is 3.24. The van der Waals surface area contributed by atoms with E-state index < -0.39 is 0 Å². The third-order valence-corrected chi connectivity index (χ3v) is 4.85. The number of benzene rings is 2. The Morgan fingerprint density at radius 1 is 1.00 bits per heavy atom. The molecule has 0 radical (unpaired) electrons. The lowest BCUT2D eigenvalue weighted by molar-refractivity contribution is 0.261. The molecule has 0 aliphatic heterocycles. The molecule has 0 aliphatic carbocycles. The van der Waals surface area contributed by atoms with E-state index in [1.807, 2.05) is 39.2 Å². The second kappa shape index (κ2) is 14.2. The maximum absolute atomic E-state index is 5.82. The first-order valence-electron chi connectivity index (χ1n) is 11.2. The fraction of sp³-hybridized carbons (Fsp3) is 0.480. The Kier molecular flexibility index (Phi) is 11.2. The summed E-state index contributed by atoms with van der Waals surface area (Å²) in [5, 5.41) is 6.75. The summed E-state index contributed by atoms with van der Waals surface area (Å²) in [7, 11) is 7.53. The normalized spacial score (nSPS) is 11.4. The Balaban J connectivity index is 1.75. The number of guanidine groups is 1. The molecule has 32 heavy (non-hydrogen) atoms. The largest absolute Gasteiger partial charge is 0.493 e. The zero-order valence-corrected chi connectivity index (χ0v) is 20.1. The summed E-state index contributed by atoms with van der Waals surface area (Å²) >= 11 is 0. The molecule has 176 valence electrons. The molecule has 2 N–H and O–H groups in total. The molecule has 0 fully saturated rings. The van der Waals surface area contributed by atoms with Crippen LogP contribution in [0.15, 0.2) is 47.5 Å². The van der Waals surface area contributed by atoms with Gasteiger partial charge in [0, 0.05) is 26.7 Å². The van der Waals surface area contributed by atoms with Gasteiger partial charge in [-0.2, -0.15) is 0 Å². The zero-order chi connectivity index (χ0) is 23.2. The Hall–Kier alpha value is -2.93. The Morgan fingerprint density at radius 3 is 2.56 bits per heavy atom. The predicted octanol–water partition coefficient (Wildman–Crippen LogP) is 3.33. The molecule has 0 heterocycles. The number of rotatable bonds is 13. The van der Waals surface area contributed by atoms with Crippen LogP contribution >= 0.6 is 0 Å². The average molecular weight is 443 g/mol. The third-order valence-electron chi connectivity index (χ3n) is 4.85. The van der Waals surface area contributed by atoms with Gasteiger partial charge >= 0.3 is 0 Å². The van der Waals surface area contributed by atoms with Crippen molar-refractivity contribution in [3.63, 3.8) is 0 Å². The van der Waals surface area contributed by atoms with Gasteiger partial charge in [-0.05, 0) is 69.3 Å². The smallest absolute Gasteiger partial charge is 0.191 e. The number of aliphatic imine (C=N–C) groups is 1. The number of hydrogen-bond donors (Lipinski definition) is 2. The summed E-state index contributed by atoms with van der Waals surface area (Å²) in [5.41, 5.74) is 2.38. The van der Waals surface area contributed by atoms with Crippen LogP contribution in [0.5, 0.6) is 17.2 Å². The zero-order valence-electron chi connectivity index (χ0n) is 20.1. The van der Waals surface area contributed by atoms with Crippen molar-refractivity contribution in [2.45, 2.75) is 26.3 Å². The van der Waals surface area contributed by atoms with Gasteiger partial charge in [0.05, 0.1) is 13.7 Å². The van der Waals surface area contributed by atoms with E-state index in [2.05, 4.69) is 44.8 Å². The lowest BCUT2D eigenvalue weighted by Crippen LogP contribution is -2.37. The van der Waals surface area contributed by atoms with Crippen LogP contribution in [0, 0.1) is 0 Å². The maximum atomic E-state index is 5.82. The molecule has 0 saturated heterocycles. The molecule has 2 aromatic carbocycles. The van der Waals surface area contributed by atoms with E-state index in [1.165, 1.54) is 5.56 Å².